The van der Waals surface area contributed by atoms with Gasteiger partial charge in [0.2, 0.25) is 17.7 Å². The fourth-order valence-electron chi connectivity index (χ4n) is 1.37. The van der Waals surface area contributed by atoms with Crippen molar-refractivity contribution < 1.29 is 39.3 Å². The molecule has 3 unspecified atom stereocenters. The average Bonchev–Trinajstić information content (AvgIpc) is 2.48. The normalized spacial score (nSPS) is 14.0. The highest BCUT2D eigenvalue weighted by molar-refractivity contribution is 5.91. The Labute approximate surface area is 136 Å². The molecule has 3 atom stereocenters. The van der Waals surface area contributed by atoms with Gasteiger partial charge in [0.05, 0.1) is 25.6 Å². The first kappa shape index (κ1) is 21.3. The minimum atomic E-state index is -1.63. The first-order chi connectivity index (χ1) is 11.0. The summed E-state index contributed by atoms with van der Waals surface area (Å²) in [5.41, 5.74) is 5.33. The van der Waals surface area contributed by atoms with Gasteiger partial charge in [-0.25, -0.2) is 4.79 Å². The van der Waals surface area contributed by atoms with Crippen molar-refractivity contribution in [2.75, 3.05) is 13.1 Å². The summed E-state index contributed by atoms with van der Waals surface area (Å²) in [5.74, 6) is -5.39. The summed E-state index contributed by atoms with van der Waals surface area (Å²) in [4.78, 5) is 55.5. The summed E-state index contributed by atoms with van der Waals surface area (Å²) in [5, 5.41) is 32.5. The van der Waals surface area contributed by atoms with E-state index < -0.39 is 67.4 Å². The van der Waals surface area contributed by atoms with Crippen molar-refractivity contribution in [2.24, 2.45) is 5.73 Å². The topological polar surface area (TPSA) is 208 Å². The Bertz CT molecular complexity index is 507. The molecule has 0 aromatic rings. The highest BCUT2D eigenvalue weighted by atomic mass is 16.4. The number of aliphatic hydroxyl groups excluding tert-OH is 1. The van der Waals surface area contributed by atoms with E-state index in [1.54, 1.807) is 0 Å². The van der Waals surface area contributed by atoms with E-state index in [1.807, 2.05) is 5.32 Å². The SMILES string of the molecule is CC(O)C(N)C(=O)NCC(=O)NCC(=O)NC(CC(=O)O)C(=O)O. The maximum absolute atomic E-state index is 11.5. The van der Waals surface area contributed by atoms with Gasteiger partial charge in [0.15, 0.2) is 0 Å². The van der Waals surface area contributed by atoms with E-state index in [9.17, 15) is 24.0 Å². The molecule has 12 nitrogen and oxygen atoms in total. The molecule has 0 radical (unpaired) electrons. The number of rotatable bonds is 10. The van der Waals surface area contributed by atoms with Crippen LogP contribution in [-0.4, -0.2) is 76.3 Å². The molecule has 0 heterocycles. The summed E-state index contributed by atoms with van der Waals surface area (Å²) in [6.07, 6.45) is -1.93. The fraction of sp³-hybridized carbons (Fsp3) is 0.583. The summed E-state index contributed by atoms with van der Waals surface area (Å²) in [6.45, 7) is 0.176. The Balaban J connectivity index is 4.21. The largest absolute Gasteiger partial charge is 0.481 e. The second kappa shape index (κ2) is 10.1. The van der Waals surface area contributed by atoms with Gasteiger partial charge in [-0.2, -0.15) is 0 Å². The van der Waals surface area contributed by atoms with Gasteiger partial charge in [-0.3, -0.25) is 19.2 Å². The molecule has 0 aromatic carbocycles. The first-order valence-corrected chi connectivity index (χ1v) is 6.76. The fourth-order valence-corrected chi connectivity index (χ4v) is 1.37. The zero-order valence-corrected chi connectivity index (χ0v) is 12.8. The van der Waals surface area contributed by atoms with Crippen molar-refractivity contribution in [3.63, 3.8) is 0 Å². The van der Waals surface area contributed by atoms with E-state index in [4.69, 9.17) is 21.1 Å². The number of nitrogens with one attached hydrogen (secondary N) is 3. The predicted octanol–water partition coefficient (Wildman–Crippen LogP) is -4.03. The Morgan fingerprint density at radius 1 is 1.00 bits per heavy atom. The second-order valence-electron chi connectivity index (χ2n) is 4.82. The first-order valence-electron chi connectivity index (χ1n) is 6.76. The highest BCUT2D eigenvalue weighted by Gasteiger charge is 2.23. The number of aliphatic carboxylic acids is 2. The van der Waals surface area contributed by atoms with Gasteiger partial charge in [0.25, 0.3) is 0 Å². The van der Waals surface area contributed by atoms with E-state index in [-0.39, 0.29) is 0 Å². The van der Waals surface area contributed by atoms with E-state index in [1.165, 1.54) is 6.92 Å². The van der Waals surface area contributed by atoms with Crippen molar-refractivity contribution in [1.82, 2.24) is 16.0 Å². The highest BCUT2D eigenvalue weighted by Crippen LogP contribution is 1.92. The van der Waals surface area contributed by atoms with Crippen LogP contribution in [0.1, 0.15) is 13.3 Å². The average molecular weight is 348 g/mol. The van der Waals surface area contributed by atoms with Crippen molar-refractivity contribution in [1.29, 1.82) is 0 Å². The van der Waals surface area contributed by atoms with Gasteiger partial charge < -0.3 is 37.0 Å². The number of amides is 3. The number of carboxylic acid groups (broad SMARTS) is 2. The van der Waals surface area contributed by atoms with Crippen LogP contribution in [0.2, 0.25) is 0 Å². The molecule has 3 amide bonds. The molecule has 0 rings (SSSR count). The molecule has 0 bridgehead atoms. The summed E-state index contributed by atoms with van der Waals surface area (Å²) >= 11 is 0. The van der Waals surface area contributed by atoms with Gasteiger partial charge in [0, 0.05) is 0 Å². The Morgan fingerprint density at radius 2 is 1.54 bits per heavy atom. The lowest BCUT2D eigenvalue weighted by molar-refractivity contribution is -0.147. The molecule has 136 valence electrons. The van der Waals surface area contributed by atoms with Crippen LogP contribution in [0.4, 0.5) is 0 Å². The third-order valence-electron chi connectivity index (χ3n) is 2.70. The molecule has 0 spiro atoms. The van der Waals surface area contributed by atoms with Crippen molar-refractivity contribution >= 4 is 29.7 Å². The van der Waals surface area contributed by atoms with Crippen LogP contribution in [0.25, 0.3) is 0 Å². The Hall–Kier alpha value is -2.73. The molecule has 0 fully saturated rings. The van der Waals surface area contributed by atoms with E-state index in [2.05, 4.69) is 10.6 Å². The second-order valence-corrected chi connectivity index (χ2v) is 4.82. The van der Waals surface area contributed by atoms with Crippen LogP contribution in [0.5, 0.6) is 0 Å². The lowest BCUT2D eigenvalue weighted by Crippen LogP contribution is -2.51. The zero-order valence-electron chi connectivity index (χ0n) is 12.8. The summed E-state index contributed by atoms with van der Waals surface area (Å²) in [6, 6.07) is -2.84. The smallest absolute Gasteiger partial charge is 0.326 e. The molecule has 0 aliphatic carbocycles. The van der Waals surface area contributed by atoms with Crippen LogP contribution < -0.4 is 21.7 Å². The maximum Gasteiger partial charge on any atom is 0.326 e. The lowest BCUT2D eigenvalue weighted by atomic mass is 10.2. The number of carboxylic acids is 2. The minimum absolute atomic E-state index is 0.510. The number of aliphatic hydroxyl groups is 1. The van der Waals surface area contributed by atoms with Crippen LogP contribution in [0, 0.1) is 0 Å². The summed E-state index contributed by atoms with van der Waals surface area (Å²) < 4.78 is 0. The third-order valence-corrected chi connectivity index (χ3v) is 2.70. The molecule has 24 heavy (non-hydrogen) atoms. The van der Waals surface area contributed by atoms with Crippen molar-refractivity contribution in [3.8, 4) is 0 Å². The Kier molecular flexibility index (Phi) is 8.97. The molecule has 0 aliphatic heterocycles. The molecular weight excluding hydrogens is 328 g/mol. The van der Waals surface area contributed by atoms with Crippen LogP contribution in [-0.2, 0) is 24.0 Å². The lowest BCUT2D eigenvalue weighted by Gasteiger charge is -2.15. The number of carbonyl (C=O) groups excluding carboxylic acids is 3. The molecule has 0 saturated heterocycles. The van der Waals surface area contributed by atoms with Crippen LogP contribution >= 0.6 is 0 Å². The van der Waals surface area contributed by atoms with E-state index in [0.29, 0.717) is 0 Å². The third kappa shape index (κ3) is 8.65. The van der Waals surface area contributed by atoms with Crippen molar-refractivity contribution in [3.05, 3.63) is 0 Å². The van der Waals surface area contributed by atoms with Gasteiger partial charge in [-0.1, -0.05) is 0 Å². The number of carbonyl (C=O) groups is 5. The van der Waals surface area contributed by atoms with Gasteiger partial charge >= 0.3 is 11.9 Å². The van der Waals surface area contributed by atoms with Gasteiger partial charge in [0.1, 0.15) is 12.1 Å². The number of nitrogens with two attached hydrogens (primary N) is 1. The maximum atomic E-state index is 11.5. The standard InChI is InChI=1S/C12H20N4O8/c1-5(17)10(13)11(22)15-3-7(18)14-4-8(19)16-6(12(23)24)2-9(20)21/h5-6,10,17H,2-4,13H2,1H3,(H,14,18)(H,15,22)(H,16,19)(H,20,21)(H,23,24). The van der Waals surface area contributed by atoms with Crippen LogP contribution in [0.3, 0.4) is 0 Å². The van der Waals surface area contributed by atoms with Gasteiger partial charge in [-0.15, -0.1) is 0 Å². The number of hydrogen-bond acceptors (Lipinski definition) is 7. The molecular formula is C12H20N4O8. The molecule has 8 N–H and O–H groups in total. The van der Waals surface area contributed by atoms with E-state index in [0.717, 1.165) is 0 Å². The quantitative estimate of drug-likeness (QED) is 0.205. The zero-order chi connectivity index (χ0) is 18.9. The molecule has 0 saturated carbocycles. The minimum Gasteiger partial charge on any atom is -0.481 e. The monoisotopic (exact) mass is 348 g/mol. The molecule has 0 aromatic heterocycles. The summed E-state index contributed by atoms with van der Waals surface area (Å²) in [7, 11) is 0. The van der Waals surface area contributed by atoms with E-state index >= 15 is 0 Å². The van der Waals surface area contributed by atoms with Gasteiger partial charge in [-0.05, 0) is 6.92 Å². The Morgan fingerprint density at radius 3 is 2.00 bits per heavy atom. The number of hydrogen-bond donors (Lipinski definition) is 7. The molecule has 0 aliphatic rings. The van der Waals surface area contributed by atoms with Crippen LogP contribution in [0.15, 0.2) is 0 Å². The van der Waals surface area contributed by atoms with Crippen molar-refractivity contribution in [2.45, 2.75) is 31.5 Å². The molecule has 12 heteroatoms. The predicted molar refractivity (Wildman–Crippen MR) is 77.5 cm³/mol.